The molecular formula is C10H21NO5. The lowest BCUT2D eigenvalue weighted by Crippen LogP contribution is -2.09. The van der Waals surface area contributed by atoms with E-state index in [0.717, 1.165) is 6.42 Å². The molecule has 0 heterocycles. The molecule has 0 aromatic carbocycles. The summed E-state index contributed by atoms with van der Waals surface area (Å²) >= 11 is 0. The molecule has 0 radical (unpaired) electrons. The minimum atomic E-state index is -0.794. The molecule has 0 aliphatic heterocycles. The highest BCUT2D eigenvalue weighted by atomic mass is 16.6. The maximum Gasteiger partial charge on any atom is 0.305 e. The van der Waals surface area contributed by atoms with Gasteiger partial charge in [0.15, 0.2) is 0 Å². The Morgan fingerprint density at radius 1 is 1.06 bits per heavy atom. The molecule has 0 aliphatic carbocycles. The van der Waals surface area contributed by atoms with E-state index in [1.165, 1.54) is 0 Å². The topological polar surface area (TPSA) is 108 Å². The lowest BCUT2D eigenvalue weighted by Gasteiger charge is -2.03. The Morgan fingerprint density at radius 3 is 2.25 bits per heavy atom. The van der Waals surface area contributed by atoms with Crippen molar-refractivity contribution >= 4 is 11.9 Å². The van der Waals surface area contributed by atoms with E-state index in [-0.39, 0.29) is 25.1 Å². The quantitative estimate of drug-likeness (QED) is 0.461. The highest BCUT2D eigenvalue weighted by Crippen LogP contribution is 2.03. The van der Waals surface area contributed by atoms with E-state index in [1.807, 2.05) is 0 Å². The fourth-order valence-electron chi connectivity index (χ4n) is 1.03. The molecule has 0 unspecified atom stereocenters. The van der Waals surface area contributed by atoms with Crippen LogP contribution in [0.2, 0.25) is 0 Å². The van der Waals surface area contributed by atoms with Crippen LogP contribution >= 0.6 is 0 Å². The van der Waals surface area contributed by atoms with Gasteiger partial charge in [-0.1, -0.05) is 6.42 Å². The molecule has 0 rings (SSSR count). The monoisotopic (exact) mass is 235 g/mol. The van der Waals surface area contributed by atoms with Gasteiger partial charge in [-0.2, -0.15) is 0 Å². The molecule has 0 bridgehead atoms. The first-order valence-electron chi connectivity index (χ1n) is 5.03. The Bertz CT molecular complexity index is 196. The van der Waals surface area contributed by atoms with E-state index < -0.39 is 5.97 Å². The molecule has 4 N–H and O–H groups in total. The summed E-state index contributed by atoms with van der Waals surface area (Å²) < 4.78 is 9.55. The second-order valence-electron chi connectivity index (χ2n) is 3.17. The highest BCUT2D eigenvalue weighted by Gasteiger charge is 2.02. The van der Waals surface area contributed by atoms with Crippen LogP contribution < -0.4 is 6.15 Å². The molecule has 0 aliphatic rings. The number of carboxylic acid groups (broad SMARTS) is 1. The van der Waals surface area contributed by atoms with E-state index in [2.05, 4.69) is 0 Å². The average molecular weight is 235 g/mol. The predicted molar refractivity (Wildman–Crippen MR) is 58.6 cm³/mol. The van der Waals surface area contributed by atoms with Gasteiger partial charge in [-0.25, -0.2) is 0 Å². The predicted octanol–water partition coefficient (Wildman–Crippen LogP) is 1.37. The van der Waals surface area contributed by atoms with Gasteiger partial charge >= 0.3 is 11.9 Å². The lowest BCUT2D eigenvalue weighted by atomic mass is 10.1. The maximum absolute atomic E-state index is 11.0. The molecular weight excluding hydrogens is 214 g/mol. The van der Waals surface area contributed by atoms with Crippen molar-refractivity contribution in [1.29, 1.82) is 0 Å². The molecule has 0 aromatic heterocycles. The first-order valence-corrected chi connectivity index (χ1v) is 5.03. The number of carboxylic acids is 1. The first-order chi connectivity index (χ1) is 7.16. The van der Waals surface area contributed by atoms with Crippen LogP contribution in [0.3, 0.4) is 0 Å². The van der Waals surface area contributed by atoms with Gasteiger partial charge < -0.3 is 20.7 Å². The summed E-state index contributed by atoms with van der Waals surface area (Å²) in [4.78, 5) is 21.2. The molecule has 16 heavy (non-hydrogen) atoms. The smallest absolute Gasteiger partial charge is 0.305 e. The van der Waals surface area contributed by atoms with Crippen molar-refractivity contribution in [3.8, 4) is 0 Å². The third-order valence-electron chi connectivity index (χ3n) is 1.82. The van der Waals surface area contributed by atoms with Gasteiger partial charge in [-0.15, -0.1) is 0 Å². The van der Waals surface area contributed by atoms with Crippen molar-refractivity contribution in [2.45, 2.75) is 32.1 Å². The summed E-state index contributed by atoms with van der Waals surface area (Å²) in [6.07, 6.45) is 2.55. The molecule has 0 saturated heterocycles. The van der Waals surface area contributed by atoms with Crippen LogP contribution in [0.4, 0.5) is 0 Å². The Balaban J connectivity index is 0. The van der Waals surface area contributed by atoms with Crippen molar-refractivity contribution in [2.75, 3.05) is 20.3 Å². The summed E-state index contributed by atoms with van der Waals surface area (Å²) in [6.45, 7) is 0.690. The number of hydrogen-bond acceptors (Lipinski definition) is 5. The second kappa shape index (κ2) is 11.9. The zero-order valence-corrected chi connectivity index (χ0v) is 9.74. The third-order valence-corrected chi connectivity index (χ3v) is 1.82. The van der Waals surface area contributed by atoms with Crippen LogP contribution in [-0.2, 0) is 19.1 Å². The molecule has 0 amide bonds. The van der Waals surface area contributed by atoms with Gasteiger partial charge in [0.25, 0.3) is 0 Å². The average Bonchev–Trinajstić information content (AvgIpc) is 2.17. The van der Waals surface area contributed by atoms with Crippen molar-refractivity contribution in [3.05, 3.63) is 0 Å². The highest BCUT2D eigenvalue weighted by molar-refractivity contribution is 5.69. The van der Waals surface area contributed by atoms with Crippen LogP contribution in [-0.4, -0.2) is 37.4 Å². The van der Waals surface area contributed by atoms with Crippen molar-refractivity contribution in [3.63, 3.8) is 0 Å². The normalized spacial score (nSPS) is 9.31. The van der Waals surface area contributed by atoms with Crippen LogP contribution in [0.15, 0.2) is 0 Å². The van der Waals surface area contributed by atoms with Crippen LogP contribution in [0.25, 0.3) is 0 Å². The van der Waals surface area contributed by atoms with Crippen LogP contribution in [0, 0.1) is 0 Å². The number of hydrogen-bond donors (Lipinski definition) is 2. The summed E-state index contributed by atoms with van der Waals surface area (Å²) in [7, 11) is 1.54. The SMILES string of the molecule is COCCOC(=O)CCCCCC(=O)O.N. The van der Waals surface area contributed by atoms with Crippen molar-refractivity contribution in [2.24, 2.45) is 0 Å². The van der Waals surface area contributed by atoms with Gasteiger partial charge in [0.2, 0.25) is 0 Å². The van der Waals surface area contributed by atoms with Gasteiger partial charge in [0.05, 0.1) is 6.61 Å². The fourth-order valence-corrected chi connectivity index (χ4v) is 1.03. The van der Waals surface area contributed by atoms with E-state index in [9.17, 15) is 9.59 Å². The number of ether oxygens (including phenoxy) is 2. The Labute approximate surface area is 95.5 Å². The molecule has 0 saturated carbocycles. The molecule has 0 fully saturated rings. The minimum absolute atomic E-state index is 0. The number of unbranched alkanes of at least 4 members (excludes halogenated alkanes) is 2. The zero-order chi connectivity index (χ0) is 11.5. The summed E-state index contributed by atoms with van der Waals surface area (Å²) in [6, 6.07) is 0. The van der Waals surface area contributed by atoms with Gasteiger partial charge in [-0.3, -0.25) is 9.59 Å². The standard InChI is InChI=1S/C10H18O5.H3N/c1-14-7-8-15-10(13)6-4-2-3-5-9(11)12;/h2-8H2,1H3,(H,11,12);1H3. The maximum atomic E-state index is 11.0. The molecule has 96 valence electrons. The minimum Gasteiger partial charge on any atom is -0.481 e. The summed E-state index contributed by atoms with van der Waals surface area (Å²) in [5.41, 5.74) is 0. The van der Waals surface area contributed by atoms with Crippen molar-refractivity contribution < 1.29 is 24.2 Å². The molecule has 6 heteroatoms. The van der Waals surface area contributed by atoms with E-state index in [0.29, 0.717) is 25.9 Å². The largest absolute Gasteiger partial charge is 0.481 e. The molecule has 0 aromatic rings. The van der Waals surface area contributed by atoms with Crippen molar-refractivity contribution in [1.82, 2.24) is 6.15 Å². The fraction of sp³-hybridized carbons (Fsp3) is 0.800. The van der Waals surface area contributed by atoms with Gasteiger partial charge in [0.1, 0.15) is 6.61 Å². The molecule has 0 atom stereocenters. The number of rotatable bonds is 9. The number of aliphatic carboxylic acids is 1. The van der Waals surface area contributed by atoms with E-state index in [1.54, 1.807) is 7.11 Å². The molecule has 6 nitrogen and oxygen atoms in total. The lowest BCUT2D eigenvalue weighted by molar-refractivity contribution is -0.145. The summed E-state index contributed by atoms with van der Waals surface area (Å²) in [5, 5.41) is 8.36. The Kier molecular flexibility index (Phi) is 12.9. The first kappa shape index (κ1) is 17.3. The van der Waals surface area contributed by atoms with E-state index in [4.69, 9.17) is 14.6 Å². The Hall–Kier alpha value is -1.14. The zero-order valence-electron chi connectivity index (χ0n) is 9.74. The van der Waals surface area contributed by atoms with Crippen LogP contribution in [0.1, 0.15) is 32.1 Å². The third kappa shape index (κ3) is 12.9. The number of esters is 1. The van der Waals surface area contributed by atoms with Gasteiger partial charge in [-0.05, 0) is 12.8 Å². The second-order valence-corrected chi connectivity index (χ2v) is 3.17. The summed E-state index contributed by atoms with van der Waals surface area (Å²) in [5.74, 6) is -1.04. The van der Waals surface area contributed by atoms with Crippen LogP contribution in [0.5, 0.6) is 0 Å². The van der Waals surface area contributed by atoms with Gasteiger partial charge in [0, 0.05) is 20.0 Å². The Morgan fingerprint density at radius 2 is 1.69 bits per heavy atom. The molecule has 0 spiro atoms. The van der Waals surface area contributed by atoms with E-state index >= 15 is 0 Å². The number of methoxy groups -OCH3 is 1. The number of carbonyl (C=O) groups is 2. The number of carbonyl (C=O) groups excluding carboxylic acids is 1.